The van der Waals surface area contributed by atoms with Gasteiger partial charge in [-0.3, -0.25) is 14.4 Å². The third-order valence-corrected chi connectivity index (χ3v) is 6.87. The molecule has 2 aromatic carbocycles. The maximum Gasteiger partial charge on any atom is 0.269 e. The molecule has 0 spiro atoms. The molecule has 2 atom stereocenters. The van der Waals surface area contributed by atoms with E-state index in [1.54, 1.807) is 24.3 Å². The van der Waals surface area contributed by atoms with Crippen LogP contribution in [0.5, 0.6) is 0 Å². The van der Waals surface area contributed by atoms with Gasteiger partial charge in [-0.15, -0.1) is 5.10 Å². The van der Waals surface area contributed by atoms with Crippen LogP contribution < -0.4 is 15.5 Å². The Balaban J connectivity index is 1.40. The zero-order valence-corrected chi connectivity index (χ0v) is 22.6. The summed E-state index contributed by atoms with van der Waals surface area (Å²) in [6.07, 6.45) is 1.81. The molecule has 2 unspecified atom stereocenters. The first-order valence-electron chi connectivity index (χ1n) is 12.6. The highest BCUT2D eigenvalue weighted by atomic mass is 35.5. The van der Waals surface area contributed by atoms with Crippen molar-refractivity contribution in [2.45, 2.75) is 18.7 Å². The fourth-order valence-corrected chi connectivity index (χ4v) is 4.76. The number of carbonyl (C=O) groups excluding carboxylic acids is 3. The molecule has 1 saturated heterocycles. The number of aliphatic hydroxyl groups excluding tert-OH is 1. The number of hydrogen-bond donors (Lipinski definition) is 3. The van der Waals surface area contributed by atoms with E-state index in [1.807, 2.05) is 30.3 Å². The Hall–Kier alpha value is -4.88. The van der Waals surface area contributed by atoms with Gasteiger partial charge >= 0.3 is 0 Å². The summed E-state index contributed by atoms with van der Waals surface area (Å²) in [6.45, 7) is -0.378. The van der Waals surface area contributed by atoms with E-state index >= 15 is 0 Å². The van der Waals surface area contributed by atoms with Crippen molar-refractivity contribution >= 4 is 40.7 Å². The second kappa shape index (κ2) is 12.1. The van der Waals surface area contributed by atoms with Gasteiger partial charge in [0.05, 0.1) is 36.3 Å². The Labute approximate surface area is 239 Å². The molecule has 41 heavy (non-hydrogen) atoms. The number of hydrogen-bond acceptors (Lipinski definition) is 9. The fourth-order valence-electron chi connectivity index (χ4n) is 4.59. The van der Waals surface area contributed by atoms with Crippen molar-refractivity contribution < 1.29 is 19.5 Å². The molecule has 4 aromatic rings. The van der Waals surface area contributed by atoms with Crippen molar-refractivity contribution in [1.29, 1.82) is 0 Å². The van der Waals surface area contributed by atoms with E-state index in [0.717, 1.165) is 5.56 Å². The fraction of sp³-hybridized carbons (Fsp3) is 0.222. The Bertz CT molecular complexity index is 1530. The van der Waals surface area contributed by atoms with Crippen LogP contribution in [0.3, 0.4) is 0 Å². The lowest BCUT2D eigenvalue weighted by Crippen LogP contribution is -2.61. The Morgan fingerprint density at radius 1 is 1.12 bits per heavy atom. The maximum atomic E-state index is 13.6. The van der Waals surface area contributed by atoms with Gasteiger partial charge in [0.1, 0.15) is 24.3 Å². The molecule has 2 aromatic heterocycles. The standard InChI is InChI=1S/C27H26ClN9O4/c1-29-26(40)20-9-8-19(13-30-20)32-27(41)23(11-17-5-3-2-4-6-17)36-15-24(38)35(14-25(36)39)22-12-18(28)7-10-21(22)37-16-31-33-34-37/h2-10,12-13,16,23-24,38H,11,14-15H2,1H3,(H,29,40)(H,32,41). The number of nitrogens with one attached hydrogen (secondary N) is 2. The van der Waals surface area contributed by atoms with Gasteiger partial charge in [0.2, 0.25) is 11.8 Å². The van der Waals surface area contributed by atoms with Crippen LogP contribution in [0.1, 0.15) is 16.1 Å². The number of amides is 3. The minimum Gasteiger partial charge on any atom is -0.372 e. The predicted octanol–water partition coefficient (Wildman–Crippen LogP) is 1.29. The monoisotopic (exact) mass is 575 g/mol. The van der Waals surface area contributed by atoms with E-state index in [4.69, 9.17) is 11.6 Å². The molecule has 13 nitrogen and oxygen atoms in total. The first-order chi connectivity index (χ1) is 19.8. The highest BCUT2D eigenvalue weighted by Gasteiger charge is 2.39. The topological polar surface area (TPSA) is 158 Å². The molecule has 0 aliphatic carbocycles. The smallest absolute Gasteiger partial charge is 0.269 e. The molecule has 3 N–H and O–H groups in total. The largest absolute Gasteiger partial charge is 0.372 e. The molecular weight excluding hydrogens is 550 g/mol. The molecule has 1 fully saturated rings. The lowest BCUT2D eigenvalue weighted by Gasteiger charge is -2.42. The number of carbonyl (C=O) groups is 3. The van der Waals surface area contributed by atoms with Gasteiger partial charge in [0.25, 0.3) is 5.91 Å². The van der Waals surface area contributed by atoms with Crippen LogP contribution in [-0.4, -0.2) is 85.3 Å². The summed E-state index contributed by atoms with van der Waals surface area (Å²) >= 11 is 6.26. The molecule has 0 saturated carbocycles. The molecule has 5 rings (SSSR count). The third kappa shape index (κ3) is 6.15. The number of pyridine rings is 1. The number of nitrogens with zero attached hydrogens (tertiary/aromatic N) is 7. The highest BCUT2D eigenvalue weighted by Crippen LogP contribution is 2.31. The summed E-state index contributed by atoms with van der Waals surface area (Å²) < 4.78 is 1.41. The minimum atomic E-state index is -1.17. The summed E-state index contributed by atoms with van der Waals surface area (Å²) in [5.74, 6) is -1.19. The number of aromatic nitrogens is 5. The number of benzene rings is 2. The average molecular weight is 576 g/mol. The van der Waals surface area contributed by atoms with Gasteiger partial charge < -0.3 is 25.5 Å². The number of β-amino-alcohol motifs (C(OH)–C–C–N with tert-alkyl or cyclic N) is 1. The first kappa shape index (κ1) is 27.7. The van der Waals surface area contributed by atoms with Crippen LogP contribution >= 0.6 is 11.6 Å². The maximum absolute atomic E-state index is 13.6. The lowest BCUT2D eigenvalue weighted by atomic mass is 10.0. The molecule has 3 heterocycles. The molecule has 210 valence electrons. The minimum absolute atomic E-state index is 0.154. The van der Waals surface area contributed by atoms with Crippen LogP contribution in [0, 0.1) is 0 Å². The van der Waals surface area contributed by atoms with E-state index in [0.29, 0.717) is 22.1 Å². The molecule has 1 aliphatic heterocycles. The van der Waals surface area contributed by atoms with Crippen LogP contribution in [0.25, 0.3) is 5.69 Å². The SMILES string of the molecule is CNC(=O)c1ccc(NC(=O)C(Cc2ccccc2)N2CC(O)N(c3cc(Cl)ccc3-n3cnnn3)CC2=O)cn1. The number of halogens is 1. The van der Waals surface area contributed by atoms with Crippen molar-refractivity contribution in [3.05, 3.63) is 89.5 Å². The quantitative estimate of drug-likeness (QED) is 0.281. The van der Waals surface area contributed by atoms with Gasteiger partial charge in [-0.25, -0.2) is 4.98 Å². The number of rotatable bonds is 8. The number of aliphatic hydroxyl groups is 1. The van der Waals surface area contributed by atoms with E-state index in [9.17, 15) is 19.5 Å². The van der Waals surface area contributed by atoms with Gasteiger partial charge in [-0.2, -0.15) is 4.68 Å². The van der Waals surface area contributed by atoms with E-state index in [1.165, 1.54) is 40.1 Å². The van der Waals surface area contributed by atoms with Crippen LogP contribution in [0.15, 0.2) is 73.2 Å². The lowest BCUT2D eigenvalue weighted by molar-refractivity contribution is -0.142. The van der Waals surface area contributed by atoms with Crippen molar-refractivity contribution in [3.8, 4) is 5.69 Å². The van der Waals surface area contributed by atoms with E-state index < -0.39 is 18.2 Å². The van der Waals surface area contributed by atoms with Crippen molar-refractivity contribution in [1.82, 2.24) is 35.4 Å². The van der Waals surface area contributed by atoms with E-state index in [2.05, 4.69) is 31.1 Å². The second-order valence-corrected chi connectivity index (χ2v) is 9.68. The third-order valence-electron chi connectivity index (χ3n) is 6.63. The summed E-state index contributed by atoms with van der Waals surface area (Å²) in [7, 11) is 1.50. The molecule has 14 heteroatoms. The summed E-state index contributed by atoms with van der Waals surface area (Å²) in [5.41, 5.74) is 2.36. The van der Waals surface area contributed by atoms with Crippen molar-refractivity contribution in [2.75, 3.05) is 30.4 Å². The Kier molecular flexibility index (Phi) is 8.17. The Morgan fingerprint density at radius 3 is 2.61 bits per heavy atom. The molecule has 1 aliphatic rings. The summed E-state index contributed by atoms with van der Waals surface area (Å²) in [4.78, 5) is 46.0. The van der Waals surface area contributed by atoms with Gasteiger partial charge in [0, 0.05) is 18.5 Å². The molecule has 0 radical (unpaired) electrons. The van der Waals surface area contributed by atoms with Gasteiger partial charge in [-0.1, -0.05) is 41.9 Å². The Morgan fingerprint density at radius 2 is 1.93 bits per heavy atom. The first-order valence-corrected chi connectivity index (χ1v) is 13.0. The normalized spacial score (nSPS) is 15.9. The van der Waals surface area contributed by atoms with Crippen molar-refractivity contribution in [2.24, 2.45) is 0 Å². The number of piperazine rings is 1. The second-order valence-electron chi connectivity index (χ2n) is 9.25. The van der Waals surface area contributed by atoms with Gasteiger partial charge in [0.15, 0.2) is 0 Å². The predicted molar refractivity (Wildman–Crippen MR) is 149 cm³/mol. The number of tetrazole rings is 1. The highest BCUT2D eigenvalue weighted by molar-refractivity contribution is 6.31. The molecular formula is C27H26ClN9O4. The van der Waals surface area contributed by atoms with E-state index in [-0.39, 0.29) is 37.0 Å². The van der Waals surface area contributed by atoms with Crippen LogP contribution in [0.2, 0.25) is 5.02 Å². The average Bonchev–Trinajstić information content (AvgIpc) is 3.52. The number of anilines is 2. The zero-order valence-electron chi connectivity index (χ0n) is 21.9. The summed E-state index contributed by atoms with van der Waals surface area (Å²) in [6, 6.07) is 16.3. The molecule has 3 amide bonds. The van der Waals surface area contributed by atoms with Crippen LogP contribution in [0.4, 0.5) is 11.4 Å². The zero-order chi connectivity index (χ0) is 28.9. The molecule has 0 bridgehead atoms. The van der Waals surface area contributed by atoms with Gasteiger partial charge in [-0.05, 0) is 46.3 Å². The van der Waals surface area contributed by atoms with Crippen molar-refractivity contribution in [3.63, 3.8) is 0 Å². The summed E-state index contributed by atoms with van der Waals surface area (Å²) in [5, 5.41) is 28.2. The van der Waals surface area contributed by atoms with Crippen LogP contribution in [-0.2, 0) is 16.0 Å².